The van der Waals surface area contributed by atoms with Crippen LogP contribution in [0.4, 0.5) is 0 Å². The second-order valence-electron chi connectivity index (χ2n) is 2.14. The monoisotopic (exact) mass is 181 g/mol. The predicted molar refractivity (Wildman–Crippen MR) is 44.2 cm³/mol. The first-order valence-electron chi connectivity index (χ1n) is 3.60. The molecule has 0 amide bonds. The lowest BCUT2D eigenvalue weighted by molar-refractivity contribution is 0.157. The summed E-state index contributed by atoms with van der Waals surface area (Å²) in [6, 6.07) is 0. The van der Waals surface area contributed by atoms with Gasteiger partial charge in [-0.05, 0) is 0 Å². The van der Waals surface area contributed by atoms with Crippen LogP contribution in [0.3, 0.4) is 0 Å². The molecule has 0 heterocycles. The van der Waals surface area contributed by atoms with Gasteiger partial charge in [0.15, 0.2) is 9.84 Å². The number of rotatable bonds is 6. The summed E-state index contributed by atoms with van der Waals surface area (Å²) in [6.07, 6.45) is 0. The zero-order valence-corrected chi connectivity index (χ0v) is 7.56. The van der Waals surface area contributed by atoms with E-state index in [0.29, 0.717) is 13.2 Å². The van der Waals surface area contributed by atoms with Crippen molar-refractivity contribution < 1.29 is 13.2 Å². The van der Waals surface area contributed by atoms with Crippen LogP contribution in [0.5, 0.6) is 0 Å². The molecule has 0 fully saturated rings. The zero-order valence-electron chi connectivity index (χ0n) is 6.75. The van der Waals surface area contributed by atoms with Crippen molar-refractivity contribution >= 4 is 9.84 Å². The number of ether oxygens (including phenoxy) is 1. The van der Waals surface area contributed by atoms with Crippen molar-refractivity contribution in [2.24, 2.45) is 5.73 Å². The van der Waals surface area contributed by atoms with Gasteiger partial charge in [0.05, 0.1) is 19.0 Å². The van der Waals surface area contributed by atoms with Gasteiger partial charge in [-0.15, -0.1) is 0 Å². The summed E-state index contributed by atoms with van der Waals surface area (Å²) in [5, 5.41) is 0. The fourth-order valence-electron chi connectivity index (χ4n) is 0.516. The fraction of sp³-hybridized carbons (Fsp3) is 1.00. The van der Waals surface area contributed by atoms with Gasteiger partial charge in [-0.1, -0.05) is 6.92 Å². The van der Waals surface area contributed by atoms with Crippen LogP contribution < -0.4 is 5.73 Å². The van der Waals surface area contributed by atoms with Gasteiger partial charge >= 0.3 is 0 Å². The van der Waals surface area contributed by atoms with Crippen molar-refractivity contribution in [2.45, 2.75) is 6.92 Å². The molecule has 0 aliphatic heterocycles. The Kier molecular flexibility index (Phi) is 5.45. The predicted octanol–water partition coefficient (Wildman–Crippen LogP) is -0.604. The maximum Gasteiger partial charge on any atom is 0.152 e. The molecule has 0 aromatic rings. The van der Waals surface area contributed by atoms with Gasteiger partial charge < -0.3 is 10.5 Å². The van der Waals surface area contributed by atoms with Crippen LogP contribution in [0, 0.1) is 0 Å². The summed E-state index contributed by atoms with van der Waals surface area (Å²) in [6.45, 7) is 2.75. The van der Waals surface area contributed by atoms with Crippen molar-refractivity contribution in [2.75, 3.05) is 31.3 Å². The van der Waals surface area contributed by atoms with Crippen LogP contribution in [0.2, 0.25) is 0 Å². The molecule has 0 spiro atoms. The lowest BCUT2D eigenvalue weighted by Crippen LogP contribution is -2.16. The molecule has 0 aliphatic carbocycles. The normalized spacial score (nSPS) is 11.8. The summed E-state index contributed by atoms with van der Waals surface area (Å²) >= 11 is 0. The van der Waals surface area contributed by atoms with Crippen LogP contribution in [-0.4, -0.2) is 39.7 Å². The molecule has 0 saturated heterocycles. The SMILES string of the molecule is CCS(=O)(=O)CCOCCN. The van der Waals surface area contributed by atoms with E-state index in [1.54, 1.807) is 6.92 Å². The minimum absolute atomic E-state index is 0.101. The topological polar surface area (TPSA) is 69.4 Å². The fourth-order valence-corrected chi connectivity index (χ4v) is 1.18. The van der Waals surface area contributed by atoms with E-state index in [-0.39, 0.29) is 18.1 Å². The molecule has 68 valence electrons. The van der Waals surface area contributed by atoms with Gasteiger partial charge in [0.25, 0.3) is 0 Å². The summed E-state index contributed by atoms with van der Waals surface area (Å²) in [7, 11) is -2.87. The van der Waals surface area contributed by atoms with Crippen LogP contribution >= 0.6 is 0 Å². The summed E-state index contributed by atoms with van der Waals surface area (Å²) < 4.78 is 26.6. The highest BCUT2D eigenvalue weighted by Crippen LogP contribution is 1.88. The van der Waals surface area contributed by atoms with Gasteiger partial charge in [0.1, 0.15) is 0 Å². The number of nitrogens with two attached hydrogens (primary N) is 1. The third kappa shape index (κ3) is 6.28. The maximum absolute atomic E-state index is 10.9. The molecule has 0 bridgehead atoms. The van der Waals surface area contributed by atoms with Crippen LogP contribution in [0.25, 0.3) is 0 Å². The van der Waals surface area contributed by atoms with Crippen molar-refractivity contribution in [3.63, 3.8) is 0 Å². The Bertz CT molecular complexity index is 176. The Morgan fingerprint density at radius 3 is 2.45 bits per heavy atom. The van der Waals surface area contributed by atoms with Crippen molar-refractivity contribution in [3.05, 3.63) is 0 Å². The highest BCUT2D eigenvalue weighted by Gasteiger charge is 2.05. The minimum Gasteiger partial charge on any atom is -0.379 e. The Hall–Kier alpha value is -0.130. The zero-order chi connectivity index (χ0) is 8.74. The number of hydrogen-bond donors (Lipinski definition) is 1. The molecular weight excluding hydrogens is 166 g/mol. The highest BCUT2D eigenvalue weighted by atomic mass is 32.2. The molecule has 5 heteroatoms. The molecule has 0 radical (unpaired) electrons. The molecule has 0 aliphatic rings. The number of sulfone groups is 1. The number of hydrogen-bond acceptors (Lipinski definition) is 4. The van der Waals surface area contributed by atoms with Gasteiger partial charge in [-0.25, -0.2) is 8.42 Å². The summed E-state index contributed by atoms with van der Waals surface area (Å²) in [5.74, 6) is 0.280. The van der Waals surface area contributed by atoms with E-state index in [0.717, 1.165) is 0 Å². The Labute approximate surface area is 67.6 Å². The molecule has 0 aromatic carbocycles. The summed E-state index contributed by atoms with van der Waals surface area (Å²) in [5.41, 5.74) is 5.14. The average molecular weight is 181 g/mol. The first kappa shape index (κ1) is 10.9. The van der Waals surface area contributed by atoms with E-state index in [1.807, 2.05) is 0 Å². The molecule has 0 atom stereocenters. The summed E-state index contributed by atoms with van der Waals surface area (Å²) in [4.78, 5) is 0. The molecule has 0 aromatic heterocycles. The molecule has 4 nitrogen and oxygen atoms in total. The van der Waals surface area contributed by atoms with Crippen LogP contribution in [0.15, 0.2) is 0 Å². The standard InChI is InChI=1S/C6H15NO3S/c1-2-11(8,9)6-5-10-4-3-7/h2-7H2,1H3. The van der Waals surface area contributed by atoms with E-state index in [2.05, 4.69) is 0 Å². The smallest absolute Gasteiger partial charge is 0.152 e. The molecular formula is C6H15NO3S. The van der Waals surface area contributed by atoms with E-state index in [4.69, 9.17) is 10.5 Å². The second kappa shape index (κ2) is 5.51. The van der Waals surface area contributed by atoms with Crippen LogP contribution in [-0.2, 0) is 14.6 Å². The van der Waals surface area contributed by atoms with E-state index < -0.39 is 9.84 Å². The quantitative estimate of drug-likeness (QED) is 0.555. The molecule has 0 rings (SSSR count). The van der Waals surface area contributed by atoms with E-state index in [1.165, 1.54) is 0 Å². The van der Waals surface area contributed by atoms with Gasteiger partial charge in [0.2, 0.25) is 0 Å². The van der Waals surface area contributed by atoms with Crippen molar-refractivity contribution in [1.29, 1.82) is 0 Å². The average Bonchev–Trinajstić information content (AvgIpc) is 1.99. The van der Waals surface area contributed by atoms with E-state index in [9.17, 15) is 8.42 Å². The van der Waals surface area contributed by atoms with Crippen LogP contribution in [0.1, 0.15) is 6.92 Å². The Balaban J connectivity index is 3.39. The molecule has 0 saturated carbocycles. The van der Waals surface area contributed by atoms with Gasteiger partial charge in [-0.2, -0.15) is 0 Å². The van der Waals surface area contributed by atoms with Gasteiger partial charge in [-0.3, -0.25) is 0 Å². The van der Waals surface area contributed by atoms with E-state index >= 15 is 0 Å². The highest BCUT2D eigenvalue weighted by molar-refractivity contribution is 7.91. The van der Waals surface area contributed by atoms with Crippen molar-refractivity contribution in [3.8, 4) is 0 Å². The first-order chi connectivity index (χ1) is 5.12. The molecule has 0 unspecified atom stereocenters. The van der Waals surface area contributed by atoms with Gasteiger partial charge in [0, 0.05) is 12.3 Å². The van der Waals surface area contributed by atoms with Crippen molar-refractivity contribution in [1.82, 2.24) is 0 Å². The Morgan fingerprint density at radius 2 is 2.00 bits per heavy atom. The molecule has 2 N–H and O–H groups in total. The third-order valence-electron chi connectivity index (χ3n) is 1.24. The molecule has 11 heavy (non-hydrogen) atoms. The maximum atomic E-state index is 10.9. The minimum atomic E-state index is -2.87. The second-order valence-corrected chi connectivity index (χ2v) is 4.61. The largest absolute Gasteiger partial charge is 0.379 e. The first-order valence-corrected chi connectivity index (χ1v) is 5.42. The Morgan fingerprint density at radius 1 is 1.36 bits per heavy atom. The lowest BCUT2D eigenvalue weighted by atomic mass is 10.7. The lowest BCUT2D eigenvalue weighted by Gasteiger charge is -2.01. The third-order valence-corrected chi connectivity index (χ3v) is 2.91.